The molecule has 0 aliphatic carbocycles. The molecule has 1 aromatic heterocycles. The summed E-state index contributed by atoms with van der Waals surface area (Å²) in [6.07, 6.45) is 1.73. The molecule has 0 N–H and O–H groups in total. The highest BCUT2D eigenvalue weighted by Crippen LogP contribution is 2.27. The topological polar surface area (TPSA) is 75.5 Å². The van der Waals surface area contributed by atoms with Gasteiger partial charge in [-0.2, -0.15) is 9.40 Å². The van der Waals surface area contributed by atoms with Crippen molar-refractivity contribution in [1.29, 1.82) is 0 Å². The number of rotatable bonds is 5. The molecule has 2 heterocycles. The molecule has 0 radical (unpaired) electrons. The lowest BCUT2D eigenvalue weighted by Gasteiger charge is -2.34. The van der Waals surface area contributed by atoms with Crippen molar-refractivity contribution < 1.29 is 13.2 Å². The van der Waals surface area contributed by atoms with Gasteiger partial charge in [0.25, 0.3) is 5.91 Å². The molecule has 178 valence electrons. The lowest BCUT2D eigenvalue weighted by atomic mass is 10.1. The average Bonchev–Trinajstić information content (AvgIpc) is 3.35. The molecular formula is C26H23ClN4O3S. The van der Waals surface area contributed by atoms with Crippen molar-refractivity contribution in [2.75, 3.05) is 26.2 Å². The highest BCUT2D eigenvalue weighted by atomic mass is 35.5. The molecule has 35 heavy (non-hydrogen) atoms. The predicted molar refractivity (Wildman–Crippen MR) is 135 cm³/mol. The van der Waals surface area contributed by atoms with Gasteiger partial charge in [0.15, 0.2) is 0 Å². The van der Waals surface area contributed by atoms with Crippen LogP contribution < -0.4 is 0 Å². The lowest BCUT2D eigenvalue weighted by Crippen LogP contribution is -2.50. The van der Waals surface area contributed by atoms with Crippen LogP contribution in [0.3, 0.4) is 0 Å². The Kier molecular flexibility index (Phi) is 6.42. The number of carbonyl (C=O) groups is 1. The number of amides is 1. The number of para-hydroxylation sites is 1. The number of piperazine rings is 1. The SMILES string of the molecule is O=C(c1cn(-c2ccccc2)nc1-c1ccc(Cl)cc1)N1CCN(S(=O)(=O)c2ccccc2)CC1. The number of hydrogen-bond acceptors (Lipinski definition) is 4. The Labute approximate surface area is 209 Å². The first-order valence-corrected chi connectivity index (χ1v) is 13.0. The summed E-state index contributed by atoms with van der Waals surface area (Å²) in [6.45, 7) is 1.04. The number of halogens is 1. The zero-order valence-corrected chi connectivity index (χ0v) is 20.4. The first kappa shape index (κ1) is 23.3. The van der Waals surface area contributed by atoms with Crippen molar-refractivity contribution in [2.24, 2.45) is 0 Å². The summed E-state index contributed by atoms with van der Waals surface area (Å²) in [5.41, 5.74) is 2.61. The molecule has 0 saturated carbocycles. The van der Waals surface area contributed by atoms with Crippen molar-refractivity contribution in [1.82, 2.24) is 19.0 Å². The summed E-state index contributed by atoms with van der Waals surface area (Å²) in [5, 5.41) is 5.31. The molecule has 1 amide bonds. The molecule has 7 nitrogen and oxygen atoms in total. The molecule has 0 atom stereocenters. The van der Waals surface area contributed by atoms with E-state index >= 15 is 0 Å². The quantitative estimate of drug-likeness (QED) is 0.403. The molecule has 0 spiro atoms. The second-order valence-electron chi connectivity index (χ2n) is 8.19. The highest BCUT2D eigenvalue weighted by Gasteiger charge is 2.32. The van der Waals surface area contributed by atoms with Crippen LogP contribution in [0.5, 0.6) is 0 Å². The van der Waals surface area contributed by atoms with E-state index in [-0.39, 0.29) is 23.9 Å². The summed E-state index contributed by atoms with van der Waals surface area (Å²) in [7, 11) is -3.60. The summed E-state index contributed by atoms with van der Waals surface area (Å²) in [6, 6.07) is 25.1. The van der Waals surface area contributed by atoms with Gasteiger partial charge in [0, 0.05) is 43.0 Å². The first-order valence-electron chi connectivity index (χ1n) is 11.2. The second-order valence-corrected chi connectivity index (χ2v) is 10.6. The standard InChI is InChI=1S/C26H23ClN4O3S/c27-21-13-11-20(12-14-21)25-24(19-31(28-25)22-7-3-1-4-8-22)26(32)29-15-17-30(18-16-29)35(33,34)23-9-5-2-6-10-23/h1-14,19H,15-18H2. The minimum Gasteiger partial charge on any atom is -0.336 e. The van der Waals surface area contributed by atoms with Crippen molar-refractivity contribution in [3.05, 3.63) is 102 Å². The fourth-order valence-corrected chi connectivity index (χ4v) is 5.68. The van der Waals surface area contributed by atoms with E-state index in [1.807, 2.05) is 42.5 Å². The van der Waals surface area contributed by atoms with E-state index in [1.54, 1.807) is 58.2 Å². The molecule has 9 heteroatoms. The largest absolute Gasteiger partial charge is 0.336 e. The van der Waals surface area contributed by atoms with E-state index in [0.717, 1.165) is 11.3 Å². The van der Waals surface area contributed by atoms with Gasteiger partial charge in [0.2, 0.25) is 10.0 Å². The van der Waals surface area contributed by atoms with Crippen LogP contribution in [0.4, 0.5) is 0 Å². The minimum absolute atomic E-state index is 0.186. The highest BCUT2D eigenvalue weighted by molar-refractivity contribution is 7.89. The Morgan fingerprint density at radius 1 is 0.800 bits per heavy atom. The Balaban J connectivity index is 1.41. The van der Waals surface area contributed by atoms with E-state index in [2.05, 4.69) is 0 Å². The van der Waals surface area contributed by atoms with Gasteiger partial charge in [0.05, 0.1) is 16.1 Å². The zero-order valence-electron chi connectivity index (χ0n) is 18.8. The van der Waals surface area contributed by atoms with Crippen LogP contribution in [0.25, 0.3) is 16.9 Å². The Bertz CT molecular complexity index is 1430. The molecule has 3 aromatic carbocycles. The Hall–Kier alpha value is -3.46. The number of benzene rings is 3. The second kappa shape index (κ2) is 9.65. The summed E-state index contributed by atoms with van der Waals surface area (Å²) >= 11 is 6.06. The van der Waals surface area contributed by atoms with E-state index in [9.17, 15) is 13.2 Å². The number of nitrogens with zero attached hydrogens (tertiary/aromatic N) is 4. The number of sulfonamides is 1. The van der Waals surface area contributed by atoms with E-state index in [0.29, 0.717) is 29.4 Å². The molecule has 0 unspecified atom stereocenters. The fraction of sp³-hybridized carbons (Fsp3) is 0.154. The van der Waals surface area contributed by atoms with E-state index in [1.165, 1.54) is 4.31 Å². The maximum absolute atomic E-state index is 13.6. The molecule has 1 aliphatic heterocycles. The summed E-state index contributed by atoms with van der Waals surface area (Å²) < 4.78 is 29.0. The Morgan fingerprint density at radius 2 is 1.40 bits per heavy atom. The van der Waals surface area contributed by atoms with E-state index < -0.39 is 10.0 Å². The van der Waals surface area contributed by atoms with Crippen LogP contribution in [-0.2, 0) is 10.0 Å². The molecule has 1 saturated heterocycles. The third kappa shape index (κ3) is 4.73. The van der Waals surface area contributed by atoms with E-state index in [4.69, 9.17) is 16.7 Å². The third-order valence-corrected chi connectivity index (χ3v) is 8.15. The smallest absolute Gasteiger partial charge is 0.257 e. The number of hydrogen-bond donors (Lipinski definition) is 0. The van der Waals surface area contributed by atoms with Crippen LogP contribution in [0.15, 0.2) is 96.0 Å². The first-order chi connectivity index (χ1) is 16.9. The molecule has 4 aromatic rings. The lowest BCUT2D eigenvalue weighted by molar-refractivity contribution is 0.0698. The molecular weight excluding hydrogens is 484 g/mol. The monoisotopic (exact) mass is 506 g/mol. The number of aromatic nitrogens is 2. The van der Waals surface area contributed by atoms with Gasteiger partial charge in [-0.1, -0.05) is 60.1 Å². The van der Waals surface area contributed by atoms with Crippen LogP contribution in [0.1, 0.15) is 10.4 Å². The van der Waals surface area contributed by atoms with Crippen LogP contribution in [-0.4, -0.2) is 59.5 Å². The third-order valence-electron chi connectivity index (χ3n) is 5.99. The van der Waals surface area contributed by atoms with Crippen molar-refractivity contribution in [3.8, 4) is 16.9 Å². The maximum Gasteiger partial charge on any atom is 0.257 e. The van der Waals surface area contributed by atoms with Crippen LogP contribution >= 0.6 is 11.6 Å². The molecule has 1 fully saturated rings. The van der Waals surface area contributed by atoms with Crippen molar-refractivity contribution >= 4 is 27.5 Å². The van der Waals surface area contributed by atoms with Gasteiger partial charge in [-0.15, -0.1) is 0 Å². The van der Waals surface area contributed by atoms with Gasteiger partial charge < -0.3 is 4.90 Å². The number of carbonyl (C=O) groups excluding carboxylic acids is 1. The van der Waals surface area contributed by atoms with Gasteiger partial charge in [-0.25, -0.2) is 13.1 Å². The van der Waals surface area contributed by atoms with Gasteiger partial charge in [0.1, 0.15) is 5.69 Å². The van der Waals surface area contributed by atoms with Gasteiger partial charge >= 0.3 is 0 Å². The molecule has 0 bridgehead atoms. The van der Waals surface area contributed by atoms with Gasteiger partial charge in [-0.3, -0.25) is 4.79 Å². The predicted octanol–water partition coefficient (Wildman–Crippen LogP) is 4.34. The van der Waals surface area contributed by atoms with Crippen molar-refractivity contribution in [2.45, 2.75) is 4.90 Å². The van der Waals surface area contributed by atoms with Crippen LogP contribution in [0.2, 0.25) is 5.02 Å². The fourth-order valence-electron chi connectivity index (χ4n) is 4.11. The normalized spacial score (nSPS) is 14.7. The maximum atomic E-state index is 13.6. The summed E-state index contributed by atoms with van der Waals surface area (Å²) in [4.78, 5) is 15.6. The molecule has 1 aliphatic rings. The van der Waals surface area contributed by atoms with Gasteiger partial charge in [-0.05, 0) is 36.4 Å². The minimum atomic E-state index is -3.60. The van der Waals surface area contributed by atoms with Crippen LogP contribution in [0, 0.1) is 0 Å². The zero-order chi connectivity index (χ0) is 24.4. The van der Waals surface area contributed by atoms with Crippen molar-refractivity contribution in [3.63, 3.8) is 0 Å². The average molecular weight is 507 g/mol. The molecule has 5 rings (SSSR count). The Morgan fingerprint density at radius 3 is 2.03 bits per heavy atom. The summed E-state index contributed by atoms with van der Waals surface area (Å²) in [5.74, 6) is -0.186.